The van der Waals surface area contributed by atoms with Crippen LogP contribution in [-0.4, -0.2) is 101 Å². The summed E-state index contributed by atoms with van der Waals surface area (Å²) in [6.45, 7) is 16.3. The van der Waals surface area contributed by atoms with Gasteiger partial charge in [0.2, 0.25) is 0 Å². The van der Waals surface area contributed by atoms with Crippen molar-refractivity contribution >= 4 is 17.6 Å². The molecule has 0 aromatic heterocycles. The normalized spacial score (nSPS) is 45.2. The molecule has 5 fully saturated rings. The van der Waals surface area contributed by atoms with Gasteiger partial charge in [0.05, 0.1) is 73.1 Å². The lowest BCUT2D eigenvalue weighted by Gasteiger charge is -2.50. The number of carbonyl (C=O) groups is 1. The smallest absolute Gasteiger partial charge is 0.308 e. The highest BCUT2D eigenvalue weighted by atomic mass is 35.5. The van der Waals surface area contributed by atoms with E-state index in [1.807, 2.05) is 38.1 Å². The number of hydrogen-bond donors (Lipinski definition) is 3. The van der Waals surface area contributed by atoms with Gasteiger partial charge in [0.15, 0.2) is 11.6 Å². The maximum atomic E-state index is 12.1. The molecule has 0 amide bonds. The molecule has 6 rings (SSSR count). The van der Waals surface area contributed by atoms with E-state index in [0.29, 0.717) is 24.5 Å². The van der Waals surface area contributed by atoms with Crippen molar-refractivity contribution in [2.24, 2.45) is 35.5 Å². The highest BCUT2D eigenvalue weighted by molar-refractivity contribution is 6.30. The lowest BCUT2D eigenvalue weighted by molar-refractivity contribution is -0.340. The Kier molecular flexibility index (Phi) is 13.1. The molecule has 1 aromatic rings. The van der Waals surface area contributed by atoms with Crippen LogP contribution in [0.15, 0.2) is 24.3 Å². The minimum absolute atomic E-state index is 0.0705. The molecular formula is C43H67ClO11. The van der Waals surface area contributed by atoms with Gasteiger partial charge in [-0.1, -0.05) is 65.3 Å². The maximum absolute atomic E-state index is 12.1. The van der Waals surface area contributed by atoms with Crippen LogP contribution in [0.5, 0.6) is 0 Å². The number of ether oxygens (including phenoxy) is 7. The fourth-order valence-corrected chi connectivity index (χ4v) is 11.0. The third-order valence-electron chi connectivity index (χ3n) is 14.4. The number of carboxylic acid groups (broad SMARTS) is 1. The van der Waals surface area contributed by atoms with Crippen molar-refractivity contribution in [1.29, 1.82) is 0 Å². The van der Waals surface area contributed by atoms with Crippen LogP contribution in [0.4, 0.5) is 0 Å². The van der Waals surface area contributed by atoms with Gasteiger partial charge in [0.1, 0.15) is 0 Å². The number of halogens is 1. The Labute approximate surface area is 333 Å². The topological polar surface area (TPSA) is 142 Å². The summed E-state index contributed by atoms with van der Waals surface area (Å²) in [5.41, 5.74) is -0.143. The molecule has 5 heterocycles. The first kappa shape index (κ1) is 43.2. The van der Waals surface area contributed by atoms with Gasteiger partial charge in [-0.25, -0.2) is 0 Å². The van der Waals surface area contributed by atoms with Crippen molar-refractivity contribution in [3.63, 3.8) is 0 Å². The van der Waals surface area contributed by atoms with Gasteiger partial charge >= 0.3 is 5.97 Å². The molecule has 3 N–H and O–H groups in total. The van der Waals surface area contributed by atoms with Gasteiger partial charge < -0.3 is 48.5 Å². The van der Waals surface area contributed by atoms with Gasteiger partial charge in [0.25, 0.3) is 0 Å². The number of methoxy groups -OCH3 is 1. The first-order valence-corrected chi connectivity index (χ1v) is 21.1. The van der Waals surface area contributed by atoms with Gasteiger partial charge in [-0.05, 0) is 81.9 Å². The van der Waals surface area contributed by atoms with Crippen molar-refractivity contribution in [2.75, 3.05) is 13.7 Å². The van der Waals surface area contributed by atoms with Crippen molar-refractivity contribution in [3.05, 3.63) is 34.9 Å². The van der Waals surface area contributed by atoms with E-state index < -0.39 is 53.5 Å². The van der Waals surface area contributed by atoms with Crippen LogP contribution in [-0.2, 0) is 44.6 Å². The molecular weight excluding hydrogens is 728 g/mol. The summed E-state index contributed by atoms with van der Waals surface area (Å²) in [6.07, 6.45) is 3.76. The first-order chi connectivity index (χ1) is 25.9. The van der Waals surface area contributed by atoms with E-state index in [2.05, 4.69) is 34.6 Å². The molecule has 0 radical (unpaired) electrons. The van der Waals surface area contributed by atoms with E-state index >= 15 is 0 Å². The van der Waals surface area contributed by atoms with Crippen LogP contribution in [0.1, 0.15) is 112 Å². The van der Waals surface area contributed by atoms with Crippen LogP contribution < -0.4 is 0 Å². The second-order valence-electron chi connectivity index (χ2n) is 18.2. The highest BCUT2D eigenvalue weighted by Gasteiger charge is 2.62. The van der Waals surface area contributed by atoms with Crippen LogP contribution >= 0.6 is 11.6 Å². The van der Waals surface area contributed by atoms with E-state index in [1.165, 1.54) is 0 Å². The molecule has 5 saturated heterocycles. The largest absolute Gasteiger partial charge is 0.481 e. The Hall–Kier alpha value is -1.38. The zero-order valence-corrected chi connectivity index (χ0v) is 35.1. The lowest BCUT2D eigenvalue weighted by atomic mass is 9.78. The Balaban J connectivity index is 1.19. The van der Waals surface area contributed by atoms with Crippen molar-refractivity contribution in [3.8, 4) is 0 Å². The van der Waals surface area contributed by atoms with Crippen LogP contribution in [0.2, 0.25) is 5.02 Å². The fourth-order valence-electron chi connectivity index (χ4n) is 10.9. The average molecular weight is 795 g/mol. The number of aliphatic hydroxyl groups is 2. The second kappa shape index (κ2) is 16.7. The number of rotatable bonds is 13. The predicted octanol–water partition coefficient (Wildman–Crippen LogP) is 7.15. The third-order valence-corrected chi connectivity index (χ3v) is 14.6. The monoisotopic (exact) mass is 794 g/mol. The van der Waals surface area contributed by atoms with Crippen LogP contribution in [0, 0.1) is 35.5 Å². The Bertz CT molecular complexity index is 1460. The lowest BCUT2D eigenvalue weighted by Crippen LogP contribution is -2.57. The molecule has 5 aliphatic heterocycles. The number of carboxylic acids is 1. The van der Waals surface area contributed by atoms with Gasteiger partial charge in [-0.2, -0.15) is 0 Å². The molecule has 55 heavy (non-hydrogen) atoms. The molecule has 12 heteroatoms. The number of aliphatic carboxylic acids is 1. The Morgan fingerprint density at radius 1 is 1.02 bits per heavy atom. The Morgan fingerprint density at radius 3 is 2.36 bits per heavy atom. The third kappa shape index (κ3) is 8.41. The molecule has 11 nitrogen and oxygen atoms in total. The highest BCUT2D eigenvalue weighted by Crippen LogP contribution is 2.55. The van der Waals surface area contributed by atoms with Gasteiger partial charge in [-0.3, -0.25) is 4.79 Å². The zero-order chi connectivity index (χ0) is 40.1. The second-order valence-corrected chi connectivity index (χ2v) is 18.6. The SMILES string of the molecule is CC[C@@]1([C@@H]2O[C@@H]([C@H]3O[C@@](O)(CO)[C@H](C)C[C@@H]3C)C[C@@H]2C)CC[C@H]([C@]2(C)CC[C@]3(C[C@H](OCc4ccc(Cl)cc4)[C@@H](C)[C@@H]([C@@H](C)[C@@H](OC)[C@H](C)C(=O)O)O3)O2)O1. The van der Waals surface area contributed by atoms with E-state index in [1.54, 1.807) is 14.0 Å². The molecule has 0 bridgehead atoms. The molecule has 312 valence electrons. The Morgan fingerprint density at radius 2 is 1.73 bits per heavy atom. The average Bonchev–Trinajstić information content (AvgIpc) is 3.87. The molecule has 1 aromatic carbocycles. The summed E-state index contributed by atoms with van der Waals surface area (Å²) in [5.74, 6) is -4.31. The molecule has 0 unspecified atom stereocenters. The van der Waals surface area contributed by atoms with Gasteiger partial charge in [0, 0.05) is 42.7 Å². The standard InChI is InChI=1S/C43H67ClO11/c1-10-41(38-25(3)20-32(51-38)35-24(2)19-26(4)43(48,23-45)54-35)16-15-34(52-41)40(8)17-18-42(55-40)21-33(50-22-30-11-13-31(44)14-12-30)27(5)37(53-42)28(6)36(49-9)29(7)39(46)47/h11-14,24-29,32-38,45,48H,10,15-23H2,1-9H3,(H,46,47)/t24-,25-,26+,27+,28-,29-,32+,33-,34+,35-,36+,37-,38+,40-,41-,42+,43-/m0/s1. The number of benzene rings is 1. The summed E-state index contributed by atoms with van der Waals surface area (Å²) in [4.78, 5) is 12.1. The van der Waals surface area contributed by atoms with Crippen molar-refractivity contribution in [1.82, 2.24) is 0 Å². The summed E-state index contributed by atoms with van der Waals surface area (Å²) in [5, 5.41) is 31.7. The van der Waals surface area contributed by atoms with Crippen molar-refractivity contribution < 1.29 is 53.3 Å². The van der Waals surface area contributed by atoms with Gasteiger partial charge in [-0.15, -0.1) is 0 Å². The summed E-state index contributed by atoms with van der Waals surface area (Å²) >= 11 is 6.16. The summed E-state index contributed by atoms with van der Waals surface area (Å²) in [7, 11) is 1.56. The first-order valence-electron chi connectivity index (χ1n) is 20.8. The van der Waals surface area contributed by atoms with E-state index in [9.17, 15) is 20.1 Å². The molecule has 1 spiro atoms. The minimum atomic E-state index is -1.57. The quantitative estimate of drug-likeness (QED) is 0.187. The number of aliphatic hydroxyl groups excluding tert-OH is 1. The fraction of sp³-hybridized carbons (Fsp3) is 0.837. The minimum Gasteiger partial charge on any atom is -0.481 e. The molecule has 5 aliphatic rings. The zero-order valence-electron chi connectivity index (χ0n) is 34.4. The predicted molar refractivity (Wildman–Crippen MR) is 206 cm³/mol. The summed E-state index contributed by atoms with van der Waals surface area (Å²) in [6, 6.07) is 7.65. The number of hydrogen-bond acceptors (Lipinski definition) is 10. The van der Waals surface area contributed by atoms with Crippen LogP contribution in [0.25, 0.3) is 0 Å². The maximum Gasteiger partial charge on any atom is 0.308 e. The molecule has 17 atom stereocenters. The van der Waals surface area contributed by atoms with Crippen molar-refractivity contribution in [2.45, 2.75) is 179 Å². The van der Waals surface area contributed by atoms with E-state index in [-0.39, 0.29) is 60.1 Å². The van der Waals surface area contributed by atoms with E-state index in [4.69, 9.17) is 44.8 Å². The van der Waals surface area contributed by atoms with Crippen LogP contribution in [0.3, 0.4) is 0 Å². The molecule has 0 saturated carbocycles. The van der Waals surface area contributed by atoms with E-state index in [0.717, 1.165) is 44.1 Å². The molecule has 0 aliphatic carbocycles. The summed E-state index contributed by atoms with van der Waals surface area (Å²) < 4.78 is 47.1.